The smallest absolute Gasteiger partial charge is 0.0398 e. The van der Waals surface area contributed by atoms with Crippen molar-refractivity contribution in [1.29, 1.82) is 0 Å². The minimum atomic E-state index is 0.134. The van der Waals surface area contributed by atoms with E-state index in [1.165, 1.54) is 12.1 Å². The summed E-state index contributed by atoms with van der Waals surface area (Å²) in [6, 6.07) is 0. The summed E-state index contributed by atoms with van der Waals surface area (Å²) in [5, 5.41) is 0. The van der Waals surface area contributed by atoms with Gasteiger partial charge in [0.05, 0.1) is 0 Å². The van der Waals surface area contributed by atoms with Crippen LogP contribution in [0.15, 0.2) is 17.1 Å². The first kappa shape index (κ1) is 23.0. The second-order valence-electron chi connectivity index (χ2n) is 8.38. The predicted molar refractivity (Wildman–Crippen MR) is 104 cm³/mol. The van der Waals surface area contributed by atoms with Crippen LogP contribution in [0.4, 0.5) is 0 Å². The Morgan fingerprint density at radius 2 is 1.43 bits per heavy atom. The number of rotatable bonds is 6. The van der Waals surface area contributed by atoms with Gasteiger partial charge < -0.3 is 0 Å². The van der Waals surface area contributed by atoms with E-state index in [-0.39, 0.29) is 5.41 Å². The van der Waals surface area contributed by atoms with Gasteiger partial charge in [-0.05, 0) is 42.4 Å². The van der Waals surface area contributed by atoms with Crippen LogP contribution in [0.3, 0.4) is 0 Å². The molecule has 0 rings (SSSR count). The molecule has 0 amide bonds. The molecule has 0 unspecified atom stereocenters. The first-order valence-electron chi connectivity index (χ1n) is 8.02. The Morgan fingerprint density at radius 3 is 1.76 bits per heavy atom. The SMILES string of the molecule is CC/C=C\C(=NC)C(C)(C)CC(C)(C)CC(C)(C)C.CS. The van der Waals surface area contributed by atoms with E-state index in [2.05, 4.69) is 85.2 Å². The molecule has 0 aromatic carbocycles. The van der Waals surface area contributed by atoms with Crippen LogP contribution in [0.1, 0.15) is 74.7 Å². The third-order valence-corrected chi connectivity index (χ3v) is 3.38. The van der Waals surface area contributed by atoms with Gasteiger partial charge in [0, 0.05) is 18.2 Å². The van der Waals surface area contributed by atoms with E-state index in [0.717, 1.165) is 12.8 Å². The van der Waals surface area contributed by atoms with E-state index in [1.54, 1.807) is 6.26 Å². The van der Waals surface area contributed by atoms with Crippen molar-refractivity contribution in [2.24, 2.45) is 21.2 Å². The van der Waals surface area contributed by atoms with Gasteiger partial charge in [-0.15, -0.1) is 0 Å². The molecule has 0 bridgehead atoms. The topological polar surface area (TPSA) is 12.4 Å². The van der Waals surface area contributed by atoms with Crippen LogP contribution >= 0.6 is 12.6 Å². The van der Waals surface area contributed by atoms with E-state index in [0.29, 0.717) is 10.8 Å². The van der Waals surface area contributed by atoms with Crippen molar-refractivity contribution < 1.29 is 0 Å². The number of thiol groups is 1. The molecule has 0 fully saturated rings. The Balaban J connectivity index is 0. The Bertz CT molecular complexity index is 330. The second-order valence-corrected chi connectivity index (χ2v) is 8.38. The molecule has 0 aliphatic heterocycles. The average Bonchev–Trinajstić information content (AvgIpc) is 2.27. The molecule has 126 valence electrons. The fraction of sp³-hybridized carbons (Fsp3) is 0.842. The van der Waals surface area contributed by atoms with Gasteiger partial charge in [-0.2, -0.15) is 12.6 Å². The number of allylic oxidation sites excluding steroid dienone is 2. The summed E-state index contributed by atoms with van der Waals surface area (Å²) in [4.78, 5) is 4.51. The molecule has 0 saturated heterocycles. The molecule has 0 aliphatic carbocycles. The number of aliphatic imine (C=N–C) groups is 1. The molecule has 21 heavy (non-hydrogen) atoms. The Hall–Kier alpha value is -0.240. The number of hydrogen-bond donors (Lipinski definition) is 1. The zero-order chi connectivity index (χ0) is 17.3. The Labute approximate surface area is 140 Å². The highest BCUT2D eigenvalue weighted by atomic mass is 32.1. The van der Waals surface area contributed by atoms with E-state index >= 15 is 0 Å². The largest absolute Gasteiger partial charge is 0.293 e. The molecule has 0 radical (unpaired) electrons. The van der Waals surface area contributed by atoms with Crippen LogP contribution in [-0.2, 0) is 0 Å². The Morgan fingerprint density at radius 1 is 0.952 bits per heavy atom. The van der Waals surface area contributed by atoms with Crippen LogP contribution in [-0.4, -0.2) is 19.0 Å². The summed E-state index contributed by atoms with van der Waals surface area (Å²) >= 11 is 3.53. The molecule has 2 heteroatoms. The monoisotopic (exact) mass is 313 g/mol. The van der Waals surface area contributed by atoms with Gasteiger partial charge in [0.2, 0.25) is 0 Å². The lowest BCUT2D eigenvalue weighted by molar-refractivity contribution is 0.163. The van der Waals surface area contributed by atoms with Crippen molar-refractivity contribution in [2.75, 3.05) is 13.3 Å². The summed E-state index contributed by atoms with van der Waals surface area (Å²) in [5.41, 5.74) is 2.06. The minimum Gasteiger partial charge on any atom is -0.293 e. The maximum Gasteiger partial charge on any atom is 0.0398 e. The molecular weight excluding hydrogens is 274 g/mol. The molecule has 0 spiro atoms. The third kappa shape index (κ3) is 11.0. The van der Waals surface area contributed by atoms with Crippen LogP contribution in [0.25, 0.3) is 0 Å². The van der Waals surface area contributed by atoms with E-state index < -0.39 is 0 Å². The lowest BCUT2D eigenvalue weighted by Crippen LogP contribution is -2.32. The first-order chi connectivity index (χ1) is 9.43. The van der Waals surface area contributed by atoms with Gasteiger partial charge in [-0.1, -0.05) is 61.5 Å². The maximum atomic E-state index is 4.51. The van der Waals surface area contributed by atoms with E-state index in [9.17, 15) is 0 Å². The minimum absolute atomic E-state index is 0.134. The summed E-state index contributed by atoms with van der Waals surface area (Å²) in [6.07, 6.45) is 9.57. The standard InChI is InChI=1S/C18H35N.CH4S/c1-10-11-12-15(19-9)18(7,8)14-17(5,6)13-16(2,3)4;1-2/h11-12H,10,13-14H2,1-9H3;2H,1H3/b12-11-,19-15?;. The molecule has 0 saturated carbocycles. The van der Waals surface area contributed by atoms with Crippen molar-refractivity contribution in [3.63, 3.8) is 0 Å². The average molecular weight is 314 g/mol. The lowest BCUT2D eigenvalue weighted by Gasteiger charge is -2.39. The van der Waals surface area contributed by atoms with Gasteiger partial charge in [-0.25, -0.2) is 0 Å². The molecule has 0 N–H and O–H groups in total. The van der Waals surface area contributed by atoms with Crippen LogP contribution in [0.5, 0.6) is 0 Å². The van der Waals surface area contributed by atoms with E-state index in [1.807, 2.05) is 7.05 Å². The maximum absolute atomic E-state index is 4.51. The lowest BCUT2D eigenvalue weighted by atomic mass is 9.66. The highest BCUT2D eigenvalue weighted by Crippen LogP contribution is 2.42. The van der Waals surface area contributed by atoms with Crippen molar-refractivity contribution >= 4 is 18.3 Å². The van der Waals surface area contributed by atoms with Crippen LogP contribution in [0.2, 0.25) is 0 Å². The number of hydrogen-bond acceptors (Lipinski definition) is 2. The first-order valence-corrected chi connectivity index (χ1v) is 8.91. The summed E-state index contributed by atoms with van der Waals surface area (Å²) in [6.45, 7) is 18.6. The summed E-state index contributed by atoms with van der Waals surface area (Å²) in [7, 11) is 1.91. The van der Waals surface area contributed by atoms with Gasteiger partial charge in [-0.3, -0.25) is 4.99 Å². The molecular formula is C19H39NS. The fourth-order valence-electron chi connectivity index (χ4n) is 3.62. The van der Waals surface area contributed by atoms with Gasteiger partial charge in [0.15, 0.2) is 0 Å². The van der Waals surface area contributed by atoms with Gasteiger partial charge in [0.1, 0.15) is 0 Å². The van der Waals surface area contributed by atoms with Crippen LogP contribution in [0, 0.1) is 16.2 Å². The van der Waals surface area contributed by atoms with Gasteiger partial charge >= 0.3 is 0 Å². The molecule has 0 aromatic rings. The fourth-order valence-corrected chi connectivity index (χ4v) is 3.62. The molecule has 0 atom stereocenters. The van der Waals surface area contributed by atoms with Crippen molar-refractivity contribution in [2.45, 2.75) is 74.7 Å². The van der Waals surface area contributed by atoms with E-state index in [4.69, 9.17) is 0 Å². The molecule has 0 heterocycles. The van der Waals surface area contributed by atoms with Crippen molar-refractivity contribution in [1.82, 2.24) is 0 Å². The second kappa shape index (κ2) is 9.71. The van der Waals surface area contributed by atoms with Crippen molar-refractivity contribution in [3.05, 3.63) is 12.2 Å². The van der Waals surface area contributed by atoms with Crippen LogP contribution < -0.4 is 0 Å². The number of nitrogens with zero attached hydrogens (tertiary/aromatic N) is 1. The molecule has 0 aliphatic rings. The zero-order valence-electron chi connectivity index (χ0n) is 16.2. The molecule has 0 aromatic heterocycles. The highest BCUT2D eigenvalue weighted by Gasteiger charge is 2.34. The Kier molecular flexibility index (Phi) is 10.7. The summed E-state index contributed by atoms with van der Waals surface area (Å²) in [5.74, 6) is 0. The quantitative estimate of drug-likeness (QED) is 0.427. The third-order valence-electron chi connectivity index (χ3n) is 3.38. The summed E-state index contributed by atoms with van der Waals surface area (Å²) < 4.78 is 0. The van der Waals surface area contributed by atoms with Gasteiger partial charge in [0.25, 0.3) is 0 Å². The van der Waals surface area contributed by atoms with Crippen molar-refractivity contribution in [3.8, 4) is 0 Å². The highest BCUT2D eigenvalue weighted by molar-refractivity contribution is 7.79. The normalized spacial score (nSPS) is 14.1. The predicted octanol–water partition coefficient (Wildman–Crippen LogP) is 6.45. The molecule has 1 nitrogen and oxygen atoms in total. The zero-order valence-corrected chi connectivity index (χ0v) is 17.1.